The van der Waals surface area contributed by atoms with E-state index in [1.807, 2.05) is 27.7 Å². The predicted octanol–water partition coefficient (Wildman–Crippen LogP) is 4.04. The molecule has 4 heteroatoms. The summed E-state index contributed by atoms with van der Waals surface area (Å²) in [5, 5.41) is 6.39. The summed E-state index contributed by atoms with van der Waals surface area (Å²) in [5.41, 5.74) is 0. The fourth-order valence-electron chi connectivity index (χ4n) is 4.29. The molecule has 2 amide bonds. The molecule has 144 valence electrons. The van der Waals surface area contributed by atoms with Crippen molar-refractivity contribution >= 4 is 11.8 Å². The minimum absolute atomic E-state index is 0.0871. The largest absolute Gasteiger partial charge is 0.353 e. The van der Waals surface area contributed by atoms with Crippen molar-refractivity contribution in [2.45, 2.75) is 97.6 Å². The summed E-state index contributed by atoms with van der Waals surface area (Å²) in [6.07, 6.45) is 10.9. The van der Waals surface area contributed by atoms with Crippen LogP contribution in [0.5, 0.6) is 0 Å². The zero-order valence-corrected chi connectivity index (χ0v) is 16.6. The van der Waals surface area contributed by atoms with Crippen LogP contribution < -0.4 is 10.6 Å². The van der Waals surface area contributed by atoms with Crippen molar-refractivity contribution in [3.8, 4) is 0 Å². The Kier molecular flexibility index (Phi) is 7.77. The molecule has 0 aromatic heterocycles. The van der Waals surface area contributed by atoms with E-state index in [4.69, 9.17) is 0 Å². The maximum Gasteiger partial charge on any atom is 0.222 e. The van der Waals surface area contributed by atoms with Crippen molar-refractivity contribution < 1.29 is 9.59 Å². The fourth-order valence-corrected chi connectivity index (χ4v) is 4.29. The third-order valence-corrected chi connectivity index (χ3v) is 6.10. The van der Waals surface area contributed by atoms with Gasteiger partial charge in [-0.25, -0.2) is 0 Å². The average molecular weight is 351 g/mol. The molecule has 0 atom stereocenters. The minimum Gasteiger partial charge on any atom is -0.353 e. The van der Waals surface area contributed by atoms with Crippen LogP contribution in [0.3, 0.4) is 0 Å². The molecule has 0 spiro atoms. The van der Waals surface area contributed by atoms with Gasteiger partial charge in [-0.3, -0.25) is 9.59 Å². The van der Waals surface area contributed by atoms with Crippen molar-refractivity contribution in [1.29, 1.82) is 0 Å². The van der Waals surface area contributed by atoms with Crippen LogP contribution in [0, 0.1) is 23.7 Å². The molecule has 0 radical (unpaired) electrons. The van der Waals surface area contributed by atoms with E-state index >= 15 is 0 Å². The predicted molar refractivity (Wildman–Crippen MR) is 102 cm³/mol. The van der Waals surface area contributed by atoms with E-state index in [-0.39, 0.29) is 23.7 Å². The van der Waals surface area contributed by atoms with Crippen LogP contribution in [-0.2, 0) is 9.59 Å². The monoisotopic (exact) mass is 350 g/mol. The lowest BCUT2D eigenvalue weighted by Crippen LogP contribution is -2.41. The Bertz CT molecular complexity index is 391. The molecule has 4 nitrogen and oxygen atoms in total. The topological polar surface area (TPSA) is 58.2 Å². The molecule has 0 unspecified atom stereocenters. The van der Waals surface area contributed by atoms with Crippen LogP contribution in [0.4, 0.5) is 0 Å². The summed E-state index contributed by atoms with van der Waals surface area (Å²) >= 11 is 0. The fraction of sp³-hybridized carbons (Fsp3) is 0.905. The highest BCUT2D eigenvalue weighted by Gasteiger charge is 2.28. The van der Waals surface area contributed by atoms with Crippen LogP contribution in [0.2, 0.25) is 0 Å². The van der Waals surface area contributed by atoms with Crippen molar-refractivity contribution in [2.24, 2.45) is 23.7 Å². The number of amides is 2. The van der Waals surface area contributed by atoms with Crippen molar-refractivity contribution in [2.75, 3.05) is 0 Å². The van der Waals surface area contributed by atoms with Gasteiger partial charge in [0.05, 0.1) is 0 Å². The Hall–Kier alpha value is -1.06. The number of carbonyl (C=O) groups excluding carboxylic acids is 2. The smallest absolute Gasteiger partial charge is 0.222 e. The summed E-state index contributed by atoms with van der Waals surface area (Å²) < 4.78 is 0. The van der Waals surface area contributed by atoms with E-state index in [0.29, 0.717) is 12.1 Å². The Morgan fingerprint density at radius 3 is 1.28 bits per heavy atom. The second kappa shape index (κ2) is 9.59. The third kappa shape index (κ3) is 6.63. The van der Waals surface area contributed by atoms with Gasteiger partial charge in [-0.1, -0.05) is 27.7 Å². The quantitative estimate of drug-likeness (QED) is 0.759. The van der Waals surface area contributed by atoms with E-state index in [1.54, 1.807) is 0 Å². The van der Waals surface area contributed by atoms with Crippen molar-refractivity contribution in [3.05, 3.63) is 0 Å². The zero-order chi connectivity index (χ0) is 18.4. The third-order valence-electron chi connectivity index (χ3n) is 6.10. The number of nitrogens with one attached hydrogen (secondary N) is 2. The Morgan fingerprint density at radius 2 is 1.00 bits per heavy atom. The molecule has 2 aliphatic carbocycles. The molecule has 2 rings (SSSR count). The number of carbonyl (C=O) groups is 2. The maximum absolute atomic E-state index is 11.8. The van der Waals surface area contributed by atoms with Gasteiger partial charge in [-0.15, -0.1) is 0 Å². The van der Waals surface area contributed by atoms with Gasteiger partial charge in [0.15, 0.2) is 0 Å². The van der Waals surface area contributed by atoms with E-state index < -0.39 is 0 Å². The molecule has 2 fully saturated rings. The molecule has 0 heterocycles. The lowest BCUT2D eigenvalue weighted by Gasteiger charge is -2.34. The standard InChI is InChI=1S/C21H38N2O2/c1-14(2)20(24)22-18-9-5-16(6-10-18)13-17-7-11-19(12-8-17)23-21(25)15(3)4/h14-19H,5-13H2,1-4H3,(H,22,24)(H,23,25). The number of hydrogen-bond acceptors (Lipinski definition) is 2. The Morgan fingerprint density at radius 1 is 0.680 bits per heavy atom. The second-order valence-corrected chi connectivity index (χ2v) is 9.00. The molecule has 0 aromatic rings. The molecule has 0 saturated heterocycles. The second-order valence-electron chi connectivity index (χ2n) is 9.00. The molecular weight excluding hydrogens is 312 g/mol. The first kappa shape index (κ1) is 20.3. The molecule has 2 saturated carbocycles. The Labute approximate surface area is 153 Å². The summed E-state index contributed by atoms with van der Waals surface area (Å²) in [5.74, 6) is 2.24. The Balaban J connectivity index is 1.63. The summed E-state index contributed by atoms with van der Waals surface area (Å²) in [6.45, 7) is 7.84. The van der Waals surface area contributed by atoms with Crippen LogP contribution in [0.1, 0.15) is 85.5 Å². The van der Waals surface area contributed by atoms with Gasteiger partial charge in [0, 0.05) is 23.9 Å². The lowest BCUT2D eigenvalue weighted by atomic mass is 9.75. The highest BCUT2D eigenvalue weighted by Crippen LogP contribution is 2.35. The van der Waals surface area contributed by atoms with Gasteiger partial charge >= 0.3 is 0 Å². The van der Waals surface area contributed by atoms with Gasteiger partial charge in [-0.05, 0) is 69.6 Å². The maximum atomic E-state index is 11.8. The molecule has 2 N–H and O–H groups in total. The number of hydrogen-bond donors (Lipinski definition) is 2. The molecule has 0 bridgehead atoms. The first-order chi connectivity index (χ1) is 11.8. The first-order valence-electron chi connectivity index (χ1n) is 10.5. The van der Waals surface area contributed by atoms with Crippen molar-refractivity contribution in [3.63, 3.8) is 0 Å². The summed E-state index contributed by atoms with van der Waals surface area (Å²) in [6, 6.07) is 0.793. The molecule has 2 aliphatic rings. The van der Waals surface area contributed by atoms with Crippen molar-refractivity contribution in [1.82, 2.24) is 10.6 Å². The highest BCUT2D eigenvalue weighted by atomic mass is 16.2. The molecule has 0 aliphatic heterocycles. The summed E-state index contributed by atoms with van der Waals surface area (Å²) in [7, 11) is 0. The molecular formula is C21H38N2O2. The van der Waals surface area contributed by atoms with Crippen LogP contribution >= 0.6 is 0 Å². The van der Waals surface area contributed by atoms with Gasteiger partial charge in [0.1, 0.15) is 0 Å². The number of rotatable bonds is 6. The van der Waals surface area contributed by atoms with E-state index in [1.165, 1.54) is 32.1 Å². The average Bonchev–Trinajstić information content (AvgIpc) is 2.58. The lowest BCUT2D eigenvalue weighted by molar-refractivity contribution is -0.125. The minimum atomic E-state index is 0.0871. The van der Waals surface area contributed by atoms with Gasteiger partial charge in [0.25, 0.3) is 0 Å². The first-order valence-corrected chi connectivity index (χ1v) is 10.5. The molecule has 25 heavy (non-hydrogen) atoms. The SMILES string of the molecule is CC(C)C(=O)NC1CCC(CC2CCC(NC(=O)C(C)C)CC2)CC1. The van der Waals surface area contributed by atoms with Gasteiger partial charge < -0.3 is 10.6 Å². The molecule has 0 aromatic carbocycles. The van der Waals surface area contributed by atoms with E-state index in [9.17, 15) is 9.59 Å². The van der Waals surface area contributed by atoms with Crippen LogP contribution in [0.25, 0.3) is 0 Å². The van der Waals surface area contributed by atoms with Crippen LogP contribution in [-0.4, -0.2) is 23.9 Å². The summed E-state index contributed by atoms with van der Waals surface area (Å²) in [4.78, 5) is 23.6. The van der Waals surface area contributed by atoms with Gasteiger partial charge in [0.2, 0.25) is 11.8 Å². The normalized spacial score (nSPS) is 30.3. The van der Waals surface area contributed by atoms with Gasteiger partial charge in [-0.2, -0.15) is 0 Å². The van der Waals surface area contributed by atoms with E-state index in [0.717, 1.165) is 37.5 Å². The van der Waals surface area contributed by atoms with Crippen LogP contribution in [0.15, 0.2) is 0 Å². The zero-order valence-electron chi connectivity index (χ0n) is 16.6. The van der Waals surface area contributed by atoms with E-state index in [2.05, 4.69) is 10.6 Å². The highest BCUT2D eigenvalue weighted by molar-refractivity contribution is 5.78.